The number of rotatable bonds is 9. The highest BCUT2D eigenvalue weighted by Crippen LogP contribution is 2.45. The molecule has 2 aliphatic carbocycles. The van der Waals surface area contributed by atoms with Crippen molar-refractivity contribution in [1.29, 1.82) is 0 Å². The van der Waals surface area contributed by atoms with Gasteiger partial charge < -0.3 is 19.0 Å². The maximum atomic E-state index is 11.9. The van der Waals surface area contributed by atoms with Gasteiger partial charge in [0.1, 0.15) is 0 Å². The smallest absolute Gasteiger partial charge is 0.309 e. The lowest BCUT2D eigenvalue weighted by atomic mass is 10.1. The van der Waals surface area contributed by atoms with E-state index in [1.807, 2.05) is 6.92 Å². The minimum Gasteiger partial charge on any atom is -0.466 e. The Morgan fingerprint density at radius 1 is 0.781 bits per heavy atom. The second kappa shape index (κ2) is 13.7. The molecule has 0 amide bonds. The molecular formula is C25H48O6Si. The average Bonchev–Trinajstić information content (AvgIpc) is 3.35. The zero-order valence-corrected chi connectivity index (χ0v) is 22.7. The van der Waals surface area contributed by atoms with Gasteiger partial charge in [0.25, 0.3) is 0 Å². The van der Waals surface area contributed by atoms with Crippen LogP contribution < -0.4 is 0 Å². The molecule has 0 bridgehead atoms. The van der Waals surface area contributed by atoms with Crippen molar-refractivity contribution in [3.63, 3.8) is 0 Å². The van der Waals surface area contributed by atoms with E-state index in [2.05, 4.69) is 41.5 Å². The normalized spacial score (nSPS) is 25.8. The van der Waals surface area contributed by atoms with Gasteiger partial charge in [0.05, 0.1) is 31.2 Å². The Kier molecular flexibility index (Phi) is 12.5. The summed E-state index contributed by atoms with van der Waals surface area (Å²) in [5, 5.41) is 9.11. The Hall–Kier alpha value is -0.923. The number of aliphatic hydroxyl groups is 1. The maximum absolute atomic E-state index is 11.9. The van der Waals surface area contributed by atoms with Crippen molar-refractivity contribution in [3.8, 4) is 0 Å². The third kappa shape index (κ3) is 7.84. The second-order valence-electron chi connectivity index (χ2n) is 10.2. The minimum absolute atomic E-state index is 0.0329. The van der Waals surface area contributed by atoms with Crippen LogP contribution in [0.25, 0.3) is 0 Å². The van der Waals surface area contributed by atoms with Crippen molar-refractivity contribution in [3.05, 3.63) is 0 Å². The first kappa shape index (κ1) is 29.1. The monoisotopic (exact) mass is 472 g/mol. The fraction of sp³-hybridized carbons (Fsp3) is 0.920. The summed E-state index contributed by atoms with van der Waals surface area (Å²) in [6.45, 7) is 18.4. The quantitative estimate of drug-likeness (QED) is 0.346. The van der Waals surface area contributed by atoms with Crippen LogP contribution in [0.1, 0.15) is 93.9 Å². The minimum atomic E-state index is -1.83. The molecule has 0 saturated heterocycles. The van der Waals surface area contributed by atoms with Crippen molar-refractivity contribution in [1.82, 2.24) is 0 Å². The lowest BCUT2D eigenvalue weighted by Gasteiger charge is -2.44. The number of carbonyl (C=O) groups is 2. The van der Waals surface area contributed by atoms with Gasteiger partial charge in [0.2, 0.25) is 8.32 Å². The van der Waals surface area contributed by atoms with Gasteiger partial charge in [-0.05, 0) is 69.0 Å². The molecule has 7 heteroatoms. The lowest BCUT2D eigenvalue weighted by molar-refractivity contribution is -0.148. The predicted molar refractivity (Wildman–Crippen MR) is 130 cm³/mol. The van der Waals surface area contributed by atoms with Crippen molar-refractivity contribution in [2.24, 2.45) is 11.8 Å². The number of hydrogen-bond donors (Lipinski definition) is 1. The van der Waals surface area contributed by atoms with Gasteiger partial charge in [0.15, 0.2) is 0 Å². The summed E-state index contributed by atoms with van der Waals surface area (Å²) in [5.41, 5.74) is 1.79. The fourth-order valence-electron chi connectivity index (χ4n) is 5.65. The summed E-state index contributed by atoms with van der Waals surface area (Å²) in [4.78, 5) is 22.9. The van der Waals surface area contributed by atoms with Crippen molar-refractivity contribution >= 4 is 20.3 Å². The van der Waals surface area contributed by atoms with Crippen LogP contribution in [0.4, 0.5) is 0 Å². The summed E-state index contributed by atoms with van der Waals surface area (Å²) in [7, 11) is -1.83. The summed E-state index contributed by atoms with van der Waals surface area (Å²) < 4.78 is 16.8. The molecule has 6 nitrogen and oxygen atoms in total. The van der Waals surface area contributed by atoms with Crippen LogP contribution in [0.15, 0.2) is 0 Å². The van der Waals surface area contributed by atoms with E-state index in [1.165, 1.54) is 0 Å². The topological polar surface area (TPSA) is 82.1 Å². The van der Waals surface area contributed by atoms with E-state index in [1.54, 1.807) is 6.92 Å². The second-order valence-corrected chi connectivity index (χ2v) is 15.6. The van der Waals surface area contributed by atoms with Crippen LogP contribution in [0.5, 0.6) is 0 Å². The predicted octanol–water partition coefficient (Wildman–Crippen LogP) is 5.62. The largest absolute Gasteiger partial charge is 0.466 e. The first-order valence-corrected chi connectivity index (χ1v) is 14.8. The Balaban J connectivity index is 0.000000389. The van der Waals surface area contributed by atoms with Crippen LogP contribution in [-0.2, 0) is 23.5 Å². The number of hydrogen-bond acceptors (Lipinski definition) is 6. The summed E-state index contributed by atoms with van der Waals surface area (Å²) in [6, 6.07) is 0. The number of esters is 2. The van der Waals surface area contributed by atoms with Crippen LogP contribution in [0.2, 0.25) is 16.6 Å². The SMILES string of the molecule is CCOC(=O)C1CCC(O)C1.CCOC(=O)C1CCC(O[Si](C(C)C)(C(C)C)C(C)C)C1. The standard InChI is InChI=1S/C17H34O3Si.C8H14O3/c1-8-19-17(18)15-9-10-16(11-15)20-21(12(2)3,13(4)5)14(6)7;1-2-11-8(10)6-3-4-7(9)5-6/h12-16H,8-11H2,1-7H3;6-7,9H,2-5H2,1H3. The Morgan fingerprint density at radius 3 is 1.59 bits per heavy atom. The molecule has 2 rings (SSSR count). The highest BCUT2D eigenvalue weighted by Gasteiger charge is 2.48. The van der Waals surface area contributed by atoms with Gasteiger partial charge in [-0.2, -0.15) is 0 Å². The zero-order chi connectivity index (χ0) is 24.5. The van der Waals surface area contributed by atoms with Crippen LogP contribution in [0, 0.1) is 11.8 Å². The zero-order valence-electron chi connectivity index (χ0n) is 21.7. The molecule has 32 heavy (non-hydrogen) atoms. The van der Waals surface area contributed by atoms with E-state index in [9.17, 15) is 9.59 Å². The van der Waals surface area contributed by atoms with E-state index in [-0.39, 0.29) is 36.0 Å². The number of carbonyl (C=O) groups excluding carboxylic acids is 2. The van der Waals surface area contributed by atoms with Gasteiger partial charge in [-0.25, -0.2) is 0 Å². The third-order valence-corrected chi connectivity index (χ3v) is 13.3. The first-order chi connectivity index (χ1) is 15.0. The third-order valence-electron chi connectivity index (χ3n) is 7.11. The van der Waals surface area contributed by atoms with E-state index in [0.717, 1.165) is 32.1 Å². The molecule has 4 unspecified atom stereocenters. The highest BCUT2D eigenvalue weighted by atomic mass is 28.4. The van der Waals surface area contributed by atoms with Gasteiger partial charge in [-0.3, -0.25) is 9.59 Å². The van der Waals surface area contributed by atoms with E-state index >= 15 is 0 Å². The molecule has 2 saturated carbocycles. The maximum Gasteiger partial charge on any atom is 0.309 e. The molecular weight excluding hydrogens is 424 g/mol. The summed E-state index contributed by atoms with van der Waals surface area (Å²) >= 11 is 0. The van der Waals surface area contributed by atoms with Gasteiger partial charge in [0, 0.05) is 6.10 Å². The molecule has 0 spiro atoms. The molecule has 1 N–H and O–H groups in total. The van der Waals surface area contributed by atoms with Crippen LogP contribution >= 0.6 is 0 Å². The van der Waals surface area contributed by atoms with E-state index < -0.39 is 8.32 Å². The Labute approximate surface area is 196 Å². The summed E-state index contributed by atoms with van der Waals surface area (Å²) in [6.07, 6.45) is 4.83. The van der Waals surface area contributed by atoms with Crippen LogP contribution in [-0.4, -0.2) is 50.8 Å². The van der Waals surface area contributed by atoms with Crippen molar-refractivity contribution < 1.29 is 28.6 Å². The Morgan fingerprint density at radius 2 is 1.22 bits per heavy atom. The molecule has 2 aliphatic rings. The van der Waals surface area contributed by atoms with Gasteiger partial charge in [-0.15, -0.1) is 0 Å². The molecule has 0 heterocycles. The van der Waals surface area contributed by atoms with Gasteiger partial charge in [-0.1, -0.05) is 41.5 Å². The molecule has 0 aliphatic heterocycles. The number of ether oxygens (including phenoxy) is 2. The fourth-order valence-corrected chi connectivity index (χ4v) is 11.3. The molecule has 0 aromatic carbocycles. The first-order valence-electron chi connectivity index (χ1n) is 12.7. The summed E-state index contributed by atoms with van der Waals surface area (Å²) in [5.74, 6) is -0.184. The molecule has 188 valence electrons. The molecule has 0 aromatic heterocycles. The Bertz CT molecular complexity index is 555. The average molecular weight is 473 g/mol. The van der Waals surface area contributed by atoms with Crippen molar-refractivity contribution in [2.75, 3.05) is 13.2 Å². The molecule has 0 radical (unpaired) electrons. The van der Waals surface area contributed by atoms with Crippen LogP contribution in [0.3, 0.4) is 0 Å². The van der Waals surface area contributed by atoms with E-state index in [0.29, 0.717) is 36.3 Å². The molecule has 0 aromatic rings. The highest BCUT2D eigenvalue weighted by molar-refractivity contribution is 6.77. The van der Waals surface area contributed by atoms with Crippen molar-refractivity contribution in [2.45, 2.75) is 123 Å². The molecule has 4 atom stereocenters. The van der Waals surface area contributed by atoms with E-state index in [4.69, 9.17) is 19.0 Å². The lowest BCUT2D eigenvalue weighted by Crippen LogP contribution is -2.49. The number of aliphatic hydroxyl groups excluding tert-OH is 1. The van der Waals surface area contributed by atoms with Gasteiger partial charge >= 0.3 is 11.9 Å². The molecule has 2 fully saturated rings.